The maximum absolute atomic E-state index is 11.7. The van der Waals surface area contributed by atoms with E-state index < -0.39 is 0 Å². The summed E-state index contributed by atoms with van der Waals surface area (Å²) in [5.41, 5.74) is 4.98. The van der Waals surface area contributed by atoms with Gasteiger partial charge in [0, 0.05) is 11.0 Å². The number of phenols is 1. The molecule has 1 nitrogen and oxygen atoms in total. The van der Waals surface area contributed by atoms with Gasteiger partial charge in [0.1, 0.15) is 5.75 Å². The number of benzene rings is 1. The number of rotatable bonds is 14. The summed E-state index contributed by atoms with van der Waals surface area (Å²) in [6.45, 7) is 22.7. The van der Waals surface area contributed by atoms with Crippen molar-refractivity contribution in [1.82, 2.24) is 0 Å². The first kappa shape index (κ1) is 30.1. The molecule has 0 spiro atoms. The Morgan fingerprint density at radius 1 is 0.697 bits per heavy atom. The second-order valence-corrected chi connectivity index (χ2v) is 12.3. The summed E-state index contributed by atoms with van der Waals surface area (Å²) in [7, 11) is 0. The Hall–Kier alpha value is -0.980. The minimum absolute atomic E-state index is 0.0159. The number of hydrogen-bond donors (Lipinski definition) is 1. The lowest BCUT2D eigenvalue weighted by Crippen LogP contribution is -2.32. The summed E-state index contributed by atoms with van der Waals surface area (Å²) in [5.74, 6) is 0.540. The fourth-order valence-corrected chi connectivity index (χ4v) is 5.26. The van der Waals surface area contributed by atoms with Gasteiger partial charge in [-0.05, 0) is 66.0 Å². The summed E-state index contributed by atoms with van der Waals surface area (Å²) < 4.78 is 0. The third-order valence-corrected chi connectivity index (χ3v) is 7.17. The Bertz CT molecular complexity index is 691. The van der Waals surface area contributed by atoms with Gasteiger partial charge in [0.05, 0.1) is 0 Å². The van der Waals surface area contributed by atoms with Crippen LogP contribution >= 0.6 is 0 Å². The van der Waals surface area contributed by atoms with E-state index in [2.05, 4.69) is 81.7 Å². The molecule has 1 N–H and O–H groups in total. The van der Waals surface area contributed by atoms with E-state index >= 15 is 0 Å². The van der Waals surface area contributed by atoms with E-state index in [-0.39, 0.29) is 16.2 Å². The number of aromatic hydroxyl groups is 1. The van der Waals surface area contributed by atoms with Crippen molar-refractivity contribution in [3.63, 3.8) is 0 Å². The molecule has 0 aliphatic heterocycles. The van der Waals surface area contributed by atoms with Crippen molar-refractivity contribution in [2.45, 2.75) is 163 Å². The molecule has 1 aromatic carbocycles. The topological polar surface area (TPSA) is 20.2 Å². The van der Waals surface area contributed by atoms with Crippen LogP contribution in [0, 0.1) is 6.42 Å². The molecule has 2 radical (unpaired) electrons. The average molecular weight is 457 g/mol. The molecule has 0 aliphatic rings. The smallest absolute Gasteiger partial charge is 0.123 e. The van der Waals surface area contributed by atoms with Gasteiger partial charge in [0.2, 0.25) is 0 Å². The lowest BCUT2D eigenvalue weighted by Gasteiger charge is -2.40. The Balaban J connectivity index is 4.04. The van der Waals surface area contributed by atoms with E-state index in [1.54, 1.807) is 0 Å². The van der Waals surface area contributed by atoms with Gasteiger partial charge in [-0.25, -0.2) is 0 Å². The molecule has 0 bridgehead atoms. The molecule has 33 heavy (non-hydrogen) atoms. The Morgan fingerprint density at radius 2 is 1.21 bits per heavy atom. The minimum Gasteiger partial charge on any atom is -0.507 e. The van der Waals surface area contributed by atoms with Crippen molar-refractivity contribution < 1.29 is 5.11 Å². The van der Waals surface area contributed by atoms with E-state index in [4.69, 9.17) is 0 Å². The van der Waals surface area contributed by atoms with Crippen molar-refractivity contribution in [3.8, 4) is 5.75 Å². The summed E-state index contributed by atoms with van der Waals surface area (Å²) in [6.07, 6.45) is 18.2. The van der Waals surface area contributed by atoms with Crippen LogP contribution in [0.2, 0.25) is 0 Å². The summed E-state index contributed by atoms with van der Waals surface area (Å²) >= 11 is 0. The zero-order valence-corrected chi connectivity index (χ0v) is 24.0. The molecule has 0 amide bonds. The van der Waals surface area contributed by atoms with E-state index in [0.717, 1.165) is 24.8 Å². The maximum atomic E-state index is 11.7. The highest BCUT2D eigenvalue weighted by molar-refractivity contribution is 5.57. The van der Waals surface area contributed by atoms with Gasteiger partial charge in [-0.2, -0.15) is 0 Å². The van der Waals surface area contributed by atoms with Crippen molar-refractivity contribution in [2.75, 3.05) is 0 Å². The number of hydrogen-bond acceptors (Lipinski definition) is 1. The fraction of sp³-hybridized carbons (Fsp3) is 0.781. The molecule has 190 valence electrons. The van der Waals surface area contributed by atoms with E-state index in [0.29, 0.717) is 5.75 Å². The van der Waals surface area contributed by atoms with Crippen molar-refractivity contribution >= 4 is 0 Å². The second kappa shape index (κ2) is 13.2. The summed E-state index contributed by atoms with van der Waals surface area (Å²) in [5, 5.41) is 11.7. The zero-order chi connectivity index (χ0) is 25.3. The average Bonchev–Trinajstić information content (AvgIpc) is 2.72. The third-order valence-electron chi connectivity index (χ3n) is 7.17. The first-order valence-corrected chi connectivity index (χ1v) is 14.0. The van der Waals surface area contributed by atoms with Gasteiger partial charge in [0.15, 0.2) is 0 Å². The number of phenolic OH excluding ortho intramolecular Hbond substituents is 1. The van der Waals surface area contributed by atoms with Crippen LogP contribution in [0.4, 0.5) is 0 Å². The molecule has 0 aromatic heterocycles. The molecule has 0 unspecified atom stereocenters. The molecule has 1 heteroatoms. The zero-order valence-electron chi connectivity index (χ0n) is 24.0. The normalized spacial score (nSPS) is 13.0. The lowest BCUT2D eigenvalue weighted by atomic mass is 9.64. The lowest BCUT2D eigenvalue weighted by molar-refractivity contribution is 0.369. The minimum atomic E-state index is -0.104. The molecule has 0 aliphatic carbocycles. The molecular weight excluding hydrogens is 400 g/mol. The van der Waals surface area contributed by atoms with Crippen LogP contribution in [0.15, 0.2) is 6.07 Å². The third kappa shape index (κ3) is 8.03. The van der Waals surface area contributed by atoms with Crippen LogP contribution in [0.1, 0.15) is 162 Å². The first-order valence-electron chi connectivity index (χ1n) is 14.0. The molecule has 0 saturated carbocycles. The van der Waals surface area contributed by atoms with Gasteiger partial charge in [-0.3, -0.25) is 0 Å². The highest BCUT2D eigenvalue weighted by atomic mass is 16.3. The van der Waals surface area contributed by atoms with Gasteiger partial charge in [-0.15, -0.1) is 0 Å². The molecular formula is C32H56O. The van der Waals surface area contributed by atoms with E-state index in [1.807, 2.05) is 0 Å². The van der Waals surface area contributed by atoms with Gasteiger partial charge in [-0.1, -0.05) is 120 Å². The van der Waals surface area contributed by atoms with Crippen molar-refractivity contribution in [1.29, 1.82) is 0 Å². The SMILES string of the molecule is CCCC[C]C(CCCC)(CCCC)c1cc(C(C)(C)C)c(O)c(C(C)(C)C)c1CCCC. The number of unbranched alkanes of at least 4 members (excludes halogenated alkanes) is 5. The molecule has 1 aromatic rings. The van der Waals surface area contributed by atoms with Crippen LogP contribution in [-0.2, 0) is 22.7 Å². The van der Waals surface area contributed by atoms with Gasteiger partial charge < -0.3 is 5.11 Å². The summed E-state index contributed by atoms with van der Waals surface area (Å²) in [6, 6.07) is 2.42. The highest BCUT2D eigenvalue weighted by Crippen LogP contribution is 2.49. The van der Waals surface area contributed by atoms with E-state index in [9.17, 15) is 5.11 Å². The van der Waals surface area contributed by atoms with Gasteiger partial charge in [0.25, 0.3) is 0 Å². The predicted molar refractivity (Wildman–Crippen MR) is 148 cm³/mol. The quantitative estimate of drug-likeness (QED) is 0.276. The molecule has 0 saturated heterocycles. The molecule has 1 rings (SSSR count). The molecule has 0 atom stereocenters. The molecule has 0 heterocycles. The predicted octanol–water partition coefficient (Wildman–Crippen LogP) is 10.2. The maximum Gasteiger partial charge on any atom is 0.123 e. The Labute approximate surface area is 208 Å². The van der Waals surface area contributed by atoms with Crippen LogP contribution < -0.4 is 0 Å². The Morgan fingerprint density at radius 3 is 1.64 bits per heavy atom. The van der Waals surface area contributed by atoms with Crippen LogP contribution in [0.3, 0.4) is 0 Å². The largest absolute Gasteiger partial charge is 0.507 e. The highest BCUT2D eigenvalue weighted by Gasteiger charge is 2.38. The standard InChI is InChI=1S/C32H56O/c1-11-15-19-23-32(21-17-13-3,22-18-14-4)26-24-27(30(5,6)7)29(33)28(31(8,9)10)25(26)20-16-12-2/h24,33H,11-22H2,1-10H3. The van der Waals surface area contributed by atoms with E-state index in [1.165, 1.54) is 74.5 Å². The van der Waals surface area contributed by atoms with Crippen LogP contribution in [0.5, 0.6) is 5.75 Å². The van der Waals surface area contributed by atoms with Crippen molar-refractivity contribution in [3.05, 3.63) is 34.7 Å². The fourth-order valence-electron chi connectivity index (χ4n) is 5.26. The second-order valence-electron chi connectivity index (χ2n) is 12.3. The van der Waals surface area contributed by atoms with Crippen LogP contribution in [0.25, 0.3) is 0 Å². The van der Waals surface area contributed by atoms with Crippen LogP contribution in [-0.4, -0.2) is 5.11 Å². The first-order chi connectivity index (χ1) is 15.4. The summed E-state index contributed by atoms with van der Waals surface area (Å²) in [4.78, 5) is 0. The molecule has 0 fully saturated rings. The van der Waals surface area contributed by atoms with Gasteiger partial charge >= 0.3 is 0 Å². The Kier molecular flexibility index (Phi) is 12.0. The van der Waals surface area contributed by atoms with Crippen molar-refractivity contribution in [2.24, 2.45) is 0 Å². The monoisotopic (exact) mass is 456 g/mol.